The minimum Gasteiger partial charge on any atom is -0.331 e. The van der Waals surface area contributed by atoms with Gasteiger partial charge in [0.1, 0.15) is 5.84 Å². The van der Waals surface area contributed by atoms with Gasteiger partial charge in [-0.1, -0.05) is 66.2 Å². The number of para-hydroxylation sites is 1. The molecule has 0 radical (unpaired) electrons. The van der Waals surface area contributed by atoms with Gasteiger partial charge in [-0.2, -0.15) is 8.42 Å². The quantitative estimate of drug-likeness (QED) is 0.640. The molecule has 0 aromatic heterocycles. The fraction of sp³-hybridized carbons (Fsp3) is 0.208. The Bertz CT molecular complexity index is 1220. The monoisotopic (exact) mass is 402 g/mol. The second-order valence-corrected chi connectivity index (χ2v) is 9.52. The summed E-state index contributed by atoms with van der Waals surface area (Å²) in [5.74, 6) is 0.842. The molecule has 1 aliphatic carbocycles. The lowest BCUT2D eigenvalue weighted by molar-refractivity contribution is 0.597. The van der Waals surface area contributed by atoms with Crippen LogP contribution in [0.25, 0.3) is 0 Å². The summed E-state index contributed by atoms with van der Waals surface area (Å²) in [5.41, 5.74) is 4.05. The van der Waals surface area contributed by atoms with E-state index in [0.717, 1.165) is 23.2 Å². The zero-order valence-electron chi connectivity index (χ0n) is 16.4. The third-order valence-electron chi connectivity index (χ3n) is 6.15. The average molecular weight is 403 g/mol. The first-order valence-corrected chi connectivity index (χ1v) is 11.2. The van der Waals surface area contributed by atoms with E-state index in [-0.39, 0.29) is 16.2 Å². The van der Waals surface area contributed by atoms with Crippen molar-refractivity contribution < 1.29 is 8.42 Å². The molecule has 0 unspecified atom stereocenters. The van der Waals surface area contributed by atoms with E-state index in [1.807, 2.05) is 55.3 Å². The Morgan fingerprint density at radius 3 is 2.31 bits per heavy atom. The van der Waals surface area contributed by atoms with Crippen molar-refractivity contribution in [2.24, 2.45) is 4.40 Å². The summed E-state index contributed by atoms with van der Waals surface area (Å²) >= 11 is 0. The number of anilines is 1. The highest BCUT2D eigenvalue weighted by molar-refractivity contribution is 7.90. The van der Waals surface area contributed by atoms with Gasteiger partial charge in [0, 0.05) is 18.7 Å². The third-order valence-corrected chi connectivity index (χ3v) is 7.43. The maximum Gasteiger partial charge on any atom is 0.283 e. The van der Waals surface area contributed by atoms with Gasteiger partial charge in [-0.25, -0.2) is 0 Å². The van der Waals surface area contributed by atoms with Crippen molar-refractivity contribution in [1.82, 2.24) is 0 Å². The van der Waals surface area contributed by atoms with Gasteiger partial charge < -0.3 is 4.90 Å². The molecule has 0 N–H and O–H groups in total. The standard InChI is InChI=1S/C24H22N2O2S/c1-17-12-14-19(15-13-17)29(27,28)25-23-24(16-21(24)18-8-4-3-5-9-18)20-10-6-7-11-22(20)26(23)2/h3-15,21H,16H2,1-2H3/b25-23-/t21-,24-/m0/s1. The van der Waals surface area contributed by atoms with E-state index in [9.17, 15) is 8.42 Å². The number of benzene rings is 3. The molecule has 3 aromatic carbocycles. The first kappa shape index (κ1) is 18.1. The molecule has 2 atom stereocenters. The second-order valence-electron chi connectivity index (χ2n) is 7.92. The Hall–Kier alpha value is -2.92. The maximum atomic E-state index is 13.1. The number of sulfonamides is 1. The van der Waals surface area contributed by atoms with Crippen LogP contribution in [-0.4, -0.2) is 21.3 Å². The van der Waals surface area contributed by atoms with Gasteiger partial charge in [0.05, 0.1) is 10.3 Å². The smallest absolute Gasteiger partial charge is 0.283 e. The van der Waals surface area contributed by atoms with Crippen molar-refractivity contribution in [3.05, 3.63) is 95.6 Å². The van der Waals surface area contributed by atoms with E-state index in [4.69, 9.17) is 0 Å². The summed E-state index contributed by atoms with van der Waals surface area (Å²) in [6, 6.07) is 25.3. The predicted octanol–water partition coefficient (Wildman–Crippen LogP) is 4.66. The van der Waals surface area contributed by atoms with Crippen molar-refractivity contribution in [1.29, 1.82) is 0 Å². The summed E-state index contributed by atoms with van der Waals surface area (Å²) in [5, 5.41) is 0. The number of amidine groups is 1. The predicted molar refractivity (Wildman–Crippen MR) is 116 cm³/mol. The van der Waals surface area contributed by atoms with Crippen molar-refractivity contribution in [2.45, 2.75) is 29.6 Å². The average Bonchev–Trinajstić information content (AvgIpc) is 3.44. The van der Waals surface area contributed by atoms with Gasteiger partial charge in [-0.15, -0.1) is 4.40 Å². The Balaban J connectivity index is 1.66. The Kier molecular flexibility index (Phi) is 3.93. The summed E-state index contributed by atoms with van der Waals surface area (Å²) in [4.78, 5) is 2.18. The van der Waals surface area contributed by atoms with Crippen molar-refractivity contribution in [3.8, 4) is 0 Å². The van der Waals surface area contributed by atoms with Crippen LogP contribution < -0.4 is 4.90 Å². The fourth-order valence-corrected chi connectivity index (χ4v) is 5.69. The molecule has 5 rings (SSSR count). The zero-order valence-corrected chi connectivity index (χ0v) is 17.2. The number of hydrogen-bond acceptors (Lipinski definition) is 2. The highest BCUT2D eigenvalue weighted by Crippen LogP contribution is 2.66. The van der Waals surface area contributed by atoms with Crippen LogP contribution in [0, 0.1) is 6.92 Å². The van der Waals surface area contributed by atoms with Gasteiger partial charge in [-0.05, 0) is 42.7 Å². The lowest BCUT2D eigenvalue weighted by Crippen LogP contribution is -2.31. The van der Waals surface area contributed by atoms with Crippen LogP contribution in [0.15, 0.2) is 88.2 Å². The number of fused-ring (bicyclic) bond motifs is 2. The van der Waals surface area contributed by atoms with E-state index >= 15 is 0 Å². The number of likely N-dealkylation sites (N-methyl/N-ethyl adjacent to an activating group) is 1. The fourth-order valence-electron chi connectivity index (χ4n) is 4.59. The molecule has 3 aromatic rings. The van der Waals surface area contributed by atoms with Gasteiger partial charge in [-0.3, -0.25) is 0 Å². The number of rotatable bonds is 3. The van der Waals surface area contributed by atoms with Crippen LogP contribution in [0.5, 0.6) is 0 Å². The van der Waals surface area contributed by atoms with Crippen LogP contribution in [0.4, 0.5) is 5.69 Å². The molecule has 1 fully saturated rings. The SMILES string of the molecule is Cc1ccc(S(=O)(=O)/N=C2\N(C)c3ccccc3[C@]23C[C@H]3c2ccccc2)cc1. The molecule has 0 amide bonds. The molecule has 1 spiro atoms. The minimum atomic E-state index is -3.80. The third kappa shape index (κ3) is 2.72. The molecule has 5 heteroatoms. The van der Waals surface area contributed by atoms with Crippen LogP contribution in [0.1, 0.15) is 29.0 Å². The first-order valence-electron chi connectivity index (χ1n) is 9.74. The molecule has 146 valence electrons. The van der Waals surface area contributed by atoms with E-state index in [2.05, 4.69) is 22.6 Å². The van der Waals surface area contributed by atoms with Crippen LogP contribution in [0.2, 0.25) is 0 Å². The molecular weight excluding hydrogens is 380 g/mol. The zero-order chi connectivity index (χ0) is 20.2. The summed E-state index contributed by atoms with van der Waals surface area (Å²) in [6.45, 7) is 1.94. The number of nitrogens with zero attached hydrogens (tertiary/aromatic N) is 2. The summed E-state index contributed by atoms with van der Waals surface area (Å²) in [7, 11) is -1.89. The van der Waals surface area contributed by atoms with Crippen LogP contribution in [0.3, 0.4) is 0 Å². The number of aryl methyl sites for hydroxylation is 1. The van der Waals surface area contributed by atoms with Crippen molar-refractivity contribution in [2.75, 3.05) is 11.9 Å². The van der Waals surface area contributed by atoms with Crippen LogP contribution >= 0.6 is 0 Å². The second kappa shape index (κ2) is 6.29. The van der Waals surface area contributed by atoms with E-state index < -0.39 is 10.0 Å². The van der Waals surface area contributed by atoms with Gasteiger partial charge in [0.25, 0.3) is 10.0 Å². The van der Waals surface area contributed by atoms with Gasteiger partial charge >= 0.3 is 0 Å². The lowest BCUT2D eigenvalue weighted by atomic mass is 9.92. The van der Waals surface area contributed by atoms with E-state index in [1.54, 1.807) is 24.3 Å². The minimum absolute atomic E-state index is 0.224. The number of hydrogen-bond donors (Lipinski definition) is 0. The Morgan fingerprint density at radius 1 is 0.931 bits per heavy atom. The topological polar surface area (TPSA) is 49.7 Å². The summed E-state index contributed by atoms with van der Waals surface area (Å²) in [6.07, 6.45) is 0.862. The molecule has 29 heavy (non-hydrogen) atoms. The maximum absolute atomic E-state index is 13.1. The summed E-state index contributed by atoms with van der Waals surface area (Å²) < 4.78 is 30.7. The van der Waals surface area contributed by atoms with Gasteiger partial charge in [0.15, 0.2) is 0 Å². The largest absolute Gasteiger partial charge is 0.331 e. The Morgan fingerprint density at radius 2 is 1.59 bits per heavy atom. The molecular formula is C24H22N2O2S. The molecule has 1 heterocycles. The van der Waals surface area contributed by atoms with E-state index in [0.29, 0.717) is 5.84 Å². The molecule has 0 bridgehead atoms. The Labute approximate surface area is 171 Å². The molecule has 0 saturated heterocycles. The van der Waals surface area contributed by atoms with Gasteiger partial charge in [0.2, 0.25) is 0 Å². The van der Waals surface area contributed by atoms with Crippen molar-refractivity contribution >= 4 is 21.5 Å². The molecule has 1 aliphatic heterocycles. The normalized spacial score (nSPS) is 24.1. The van der Waals surface area contributed by atoms with E-state index in [1.165, 1.54) is 5.56 Å². The molecule has 1 saturated carbocycles. The molecule has 4 nitrogen and oxygen atoms in total. The lowest BCUT2D eigenvalue weighted by Gasteiger charge is -2.17. The van der Waals surface area contributed by atoms with Crippen molar-refractivity contribution in [3.63, 3.8) is 0 Å². The highest BCUT2D eigenvalue weighted by Gasteiger charge is 2.65. The van der Waals surface area contributed by atoms with Crippen LogP contribution in [-0.2, 0) is 15.4 Å². The molecule has 2 aliphatic rings. The highest BCUT2D eigenvalue weighted by atomic mass is 32.2. The first-order chi connectivity index (χ1) is 13.9.